The molecule has 7 nitrogen and oxygen atoms in total. The summed E-state index contributed by atoms with van der Waals surface area (Å²) in [7, 11) is 0. The zero-order valence-electron chi connectivity index (χ0n) is 20.2. The molecule has 1 aliphatic carbocycles. The quantitative estimate of drug-likeness (QED) is 0.644. The Morgan fingerprint density at radius 3 is 2.45 bits per heavy atom. The lowest BCUT2D eigenvalue weighted by atomic mass is 9.84. The Hall–Kier alpha value is -2.41. The molecule has 2 heterocycles. The summed E-state index contributed by atoms with van der Waals surface area (Å²) in [6.07, 6.45) is 6.22. The molecule has 1 atom stereocenters. The molecule has 3 aliphatic rings. The zero-order chi connectivity index (χ0) is 23.8. The number of anilines is 1. The van der Waals surface area contributed by atoms with Crippen LogP contribution in [0.25, 0.3) is 0 Å². The minimum Gasteiger partial charge on any atom is -0.368 e. The number of nitrogens with two attached hydrogens (primary N) is 1. The predicted octanol–water partition coefficient (Wildman–Crippen LogP) is 3.21. The van der Waals surface area contributed by atoms with Crippen LogP contribution in [0.3, 0.4) is 0 Å². The van der Waals surface area contributed by atoms with Gasteiger partial charge in [-0.1, -0.05) is 26.8 Å². The zero-order valence-corrected chi connectivity index (χ0v) is 20.2. The van der Waals surface area contributed by atoms with Crippen molar-refractivity contribution in [2.24, 2.45) is 17.1 Å². The minimum absolute atomic E-state index is 0.107. The molecule has 1 aromatic carbocycles. The van der Waals surface area contributed by atoms with Crippen molar-refractivity contribution in [3.63, 3.8) is 0 Å². The molecular weight excluding hydrogens is 416 g/mol. The van der Waals surface area contributed by atoms with Gasteiger partial charge in [-0.05, 0) is 68.5 Å². The number of nitrogens with zero attached hydrogens (tertiary/aromatic N) is 2. The van der Waals surface area contributed by atoms with Crippen molar-refractivity contribution in [3.05, 3.63) is 29.3 Å². The Morgan fingerprint density at radius 1 is 1.09 bits per heavy atom. The van der Waals surface area contributed by atoms with Gasteiger partial charge in [0.2, 0.25) is 11.8 Å². The number of nitrogens with one attached hydrogen (secondary N) is 1. The lowest BCUT2D eigenvalue weighted by Gasteiger charge is -2.40. The molecule has 3 amide bonds. The van der Waals surface area contributed by atoms with Gasteiger partial charge in [-0.2, -0.15) is 0 Å². The molecule has 0 aromatic heterocycles. The summed E-state index contributed by atoms with van der Waals surface area (Å²) in [4.78, 5) is 41.6. The third-order valence-electron chi connectivity index (χ3n) is 7.56. The standard InChI is InChI=1S/C26H38N4O3/c1-26(2,3)13-14-29(18-9-7-17(15-27)8-10-18)21-6-4-5-19-20(21)16-30(25(19)33)22-11-12-23(31)28-24(22)32/h4-6,17-18,22H,7-16,27H2,1-3H3,(H,28,31,32). The van der Waals surface area contributed by atoms with Gasteiger partial charge in [0.25, 0.3) is 5.91 Å². The van der Waals surface area contributed by atoms with E-state index in [0.717, 1.165) is 56.4 Å². The van der Waals surface area contributed by atoms with Crippen molar-refractivity contribution >= 4 is 23.4 Å². The first-order chi connectivity index (χ1) is 15.7. The van der Waals surface area contributed by atoms with Gasteiger partial charge in [-0.25, -0.2) is 0 Å². The monoisotopic (exact) mass is 454 g/mol. The van der Waals surface area contributed by atoms with E-state index in [1.54, 1.807) is 4.90 Å². The summed E-state index contributed by atoms with van der Waals surface area (Å²) < 4.78 is 0. The molecule has 2 fully saturated rings. The van der Waals surface area contributed by atoms with Crippen LogP contribution in [0.4, 0.5) is 5.69 Å². The highest BCUT2D eigenvalue weighted by Gasteiger charge is 2.41. The van der Waals surface area contributed by atoms with Crippen LogP contribution in [0.1, 0.15) is 81.6 Å². The van der Waals surface area contributed by atoms with Gasteiger partial charge in [-0.15, -0.1) is 0 Å². The first-order valence-electron chi connectivity index (χ1n) is 12.4. The molecule has 0 radical (unpaired) electrons. The van der Waals surface area contributed by atoms with Crippen molar-refractivity contribution < 1.29 is 14.4 Å². The molecule has 180 valence electrons. The van der Waals surface area contributed by atoms with Crippen molar-refractivity contribution in [3.8, 4) is 0 Å². The second-order valence-electron chi connectivity index (χ2n) is 11.1. The van der Waals surface area contributed by atoms with Crippen LogP contribution in [-0.4, -0.2) is 47.8 Å². The first-order valence-corrected chi connectivity index (χ1v) is 12.4. The number of carbonyl (C=O) groups excluding carboxylic acids is 3. The topological polar surface area (TPSA) is 95.7 Å². The van der Waals surface area contributed by atoms with E-state index in [1.165, 1.54) is 0 Å². The highest BCUT2D eigenvalue weighted by atomic mass is 16.2. The summed E-state index contributed by atoms with van der Waals surface area (Å²) in [5, 5.41) is 2.40. The van der Waals surface area contributed by atoms with Gasteiger partial charge in [0, 0.05) is 42.4 Å². The lowest BCUT2D eigenvalue weighted by Crippen LogP contribution is -2.52. The van der Waals surface area contributed by atoms with Crippen molar-refractivity contribution in [1.82, 2.24) is 10.2 Å². The summed E-state index contributed by atoms with van der Waals surface area (Å²) in [5.74, 6) is -0.123. The van der Waals surface area contributed by atoms with Gasteiger partial charge in [0.15, 0.2) is 0 Å². The lowest BCUT2D eigenvalue weighted by molar-refractivity contribution is -0.136. The number of hydrogen-bond donors (Lipinski definition) is 2. The van der Waals surface area contributed by atoms with Crippen molar-refractivity contribution in [2.45, 2.75) is 84.3 Å². The highest BCUT2D eigenvalue weighted by molar-refractivity contribution is 6.06. The van der Waals surface area contributed by atoms with Gasteiger partial charge in [0.1, 0.15) is 6.04 Å². The van der Waals surface area contributed by atoms with E-state index >= 15 is 0 Å². The van der Waals surface area contributed by atoms with Gasteiger partial charge in [-0.3, -0.25) is 19.7 Å². The number of imide groups is 1. The molecule has 2 aliphatic heterocycles. The van der Waals surface area contributed by atoms with Gasteiger partial charge < -0.3 is 15.5 Å². The highest BCUT2D eigenvalue weighted by Crippen LogP contribution is 2.38. The SMILES string of the molecule is CC(C)(C)CCN(c1cccc2c1CN(C1CCC(=O)NC1=O)C2=O)C1CCC(CN)CC1. The Kier molecular flexibility index (Phi) is 6.80. The van der Waals surface area contributed by atoms with Crippen molar-refractivity contribution in [2.75, 3.05) is 18.0 Å². The predicted molar refractivity (Wildman–Crippen MR) is 129 cm³/mol. The third-order valence-corrected chi connectivity index (χ3v) is 7.56. The fourth-order valence-corrected chi connectivity index (χ4v) is 5.49. The Bertz CT molecular complexity index is 915. The molecule has 1 aromatic rings. The number of rotatable bonds is 6. The Labute approximate surface area is 197 Å². The molecule has 1 saturated heterocycles. The summed E-state index contributed by atoms with van der Waals surface area (Å²) in [5.41, 5.74) is 8.97. The maximum Gasteiger partial charge on any atom is 0.255 e. The molecule has 1 saturated carbocycles. The van der Waals surface area contributed by atoms with E-state index in [-0.39, 0.29) is 29.6 Å². The van der Waals surface area contributed by atoms with E-state index in [2.05, 4.69) is 37.1 Å². The molecule has 7 heteroatoms. The van der Waals surface area contributed by atoms with E-state index in [0.29, 0.717) is 30.5 Å². The number of hydrogen-bond acceptors (Lipinski definition) is 5. The Morgan fingerprint density at radius 2 is 1.82 bits per heavy atom. The number of piperidine rings is 1. The minimum atomic E-state index is -0.585. The van der Waals surface area contributed by atoms with Crippen LogP contribution in [0, 0.1) is 11.3 Å². The fraction of sp³-hybridized carbons (Fsp3) is 0.654. The maximum atomic E-state index is 13.3. The average molecular weight is 455 g/mol. The largest absolute Gasteiger partial charge is 0.368 e. The molecule has 1 unspecified atom stereocenters. The normalized spacial score (nSPS) is 25.8. The molecule has 3 N–H and O–H groups in total. The van der Waals surface area contributed by atoms with Crippen LogP contribution in [0.5, 0.6) is 0 Å². The smallest absolute Gasteiger partial charge is 0.255 e. The average Bonchev–Trinajstić information content (AvgIpc) is 3.10. The van der Waals surface area contributed by atoms with Crippen LogP contribution in [0.2, 0.25) is 0 Å². The van der Waals surface area contributed by atoms with Gasteiger partial charge >= 0.3 is 0 Å². The molecule has 33 heavy (non-hydrogen) atoms. The number of benzene rings is 1. The second kappa shape index (κ2) is 9.45. The first kappa shape index (κ1) is 23.7. The maximum absolute atomic E-state index is 13.3. The number of fused-ring (bicyclic) bond motifs is 1. The molecule has 0 spiro atoms. The number of carbonyl (C=O) groups is 3. The Balaban J connectivity index is 1.61. The van der Waals surface area contributed by atoms with E-state index in [9.17, 15) is 14.4 Å². The summed E-state index contributed by atoms with van der Waals surface area (Å²) >= 11 is 0. The second-order valence-corrected chi connectivity index (χ2v) is 11.1. The van der Waals surface area contributed by atoms with Gasteiger partial charge in [0.05, 0.1) is 0 Å². The van der Waals surface area contributed by atoms with E-state index < -0.39 is 6.04 Å². The molecule has 0 bridgehead atoms. The van der Waals surface area contributed by atoms with Crippen LogP contribution in [0.15, 0.2) is 18.2 Å². The molecule has 4 rings (SSSR count). The van der Waals surface area contributed by atoms with Crippen molar-refractivity contribution in [1.29, 1.82) is 0 Å². The van der Waals surface area contributed by atoms with E-state index in [1.807, 2.05) is 12.1 Å². The summed E-state index contributed by atoms with van der Waals surface area (Å²) in [6.45, 7) is 8.90. The summed E-state index contributed by atoms with van der Waals surface area (Å²) in [6, 6.07) is 5.83. The van der Waals surface area contributed by atoms with Crippen LogP contribution < -0.4 is 16.0 Å². The molecular formula is C26H38N4O3. The third kappa shape index (κ3) is 5.08. The fourth-order valence-electron chi connectivity index (χ4n) is 5.49. The van der Waals surface area contributed by atoms with E-state index in [4.69, 9.17) is 5.73 Å². The van der Waals surface area contributed by atoms with Crippen LogP contribution >= 0.6 is 0 Å². The van der Waals surface area contributed by atoms with Crippen LogP contribution in [-0.2, 0) is 16.1 Å². The number of amides is 3.